The number of halogens is 2. The second-order valence-electron chi connectivity index (χ2n) is 8.94. The predicted octanol–water partition coefficient (Wildman–Crippen LogP) is 6.73. The van der Waals surface area contributed by atoms with Crippen molar-refractivity contribution in [1.29, 1.82) is 0 Å². The van der Waals surface area contributed by atoms with E-state index in [9.17, 15) is 31.7 Å². The van der Waals surface area contributed by atoms with Gasteiger partial charge in [-0.05, 0) is 48.5 Å². The predicted molar refractivity (Wildman–Crippen MR) is 158 cm³/mol. The number of aromatic hydroxyl groups is 1. The van der Waals surface area contributed by atoms with Gasteiger partial charge in [-0.2, -0.15) is 8.78 Å². The average Bonchev–Trinajstić information content (AvgIpc) is 2.99. The summed E-state index contributed by atoms with van der Waals surface area (Å²) in [6.07, 6.45) is -1.61. The third kappa shape index (κ3) is 7.69. The largest absolute Gasteiger partial charge is 0.743 e. The Labute approximate surface area is 250 Å². The highest BCUT2D eigenvalue weighted by Crippen LogP contribution is 2.33. The molecule has 0 aliphatic heterocycles. The molecule has 0 aliphatic carbocycles. The van der Waals surface area contributed by atoms with Crippen molar-refractivity contribution in [3.63, 3.8) is 0 Å². The van der Waals surface area contributed by atoms with Gasteiger partial charge in [-0.15, -0.1) is 0 Å². The van der Waals surface area contributed by atoms with E-state index in [-0.39, 0.29) is 22.4 Å². The maximum absolute atomic E-state index is 13.1. The number of hydrogen-bond donors (Lipinski definition) is 1. The minimum Gasteiger partial charge on any atom is -0.743 e. The van der Waals surface area contributed by atoms with Crippen molar-refractivity contribution in [3.05, 3.63) is 127 Å². The van der Waals surface area contributed by atoms with Crippen LogP contribution in [0, 0.1) is 0 Å². The Kier molecular flexibility index (Phi) is 10.0. The molecule has 1 unspecified atom stereocenters. The zero-order chi connectivity index (χ0) is 31.0. The van der Waals surface area contributed by atoms with E-state index >= 15 is 0 Å². The summed E-state index contributed by atoms with van der Waals surface area (Å²) in [7, 11) is -6.22. The SMILES string of the molecule is CC(OC(=O)C(F)(F)S(=O)(=O)[O-])Oc1cccc2c(O)cccc12.c1ccc([S+](c2ccccc2)c2ccccc2)cc1. The van der Waals surface area contributed by atoms with E-state index < -0.39 is 27.6 Å². The van der Waals surface area contributed by atoms with E-state index in [0.717, 1.165) is 6.92 Å². The lowest BCUT2D eigenvalue weighted by Gasteiger charge is -2.21. The first kappa shape index (κ1) is 31.5. The molecule has 0 bridgehead atoms. The summed E-state index contributed by atoms with van der Waals surface area (Å²) in [4.78, 5) is 15.2. The third-order valence-corrected chi connectivity index (χ3v) is 8.94. The summed E-state index contributed by atoms with van der Waals surface area (Å²) in [6, 6.07) is 41.2. The fourth-order valence-corrected chi connectivity index (χ4v) is 6.33. The van der Waals surface area contributed by atoms with Crippen molar-refractivity contribution >= 4 is 37.8 Å². The van der Waals surface area contributed by atoms with Crippen LogP contribution >= 0.6 is 0 Å². The maximum atomic E-state index is 13.1. The first-order chi connectivity index (χ1) is 20.5. The molecule has 0 aliphatic rings. The monoisotopic (exact) mass is 624 g/mol. The Morgan fingerprint density at radius 2 is 1.19 bits per heavy atom. The Bertz CT molecular complexity index is 1680. The van der Waals surface area contributed by atoms with Crippen molar-refractivity contribution in [2.45, 2.75) is 33.2 Å². The first-order valence-electron chi connectivity index (χ1n) is 12.8. The molecule has 0 amide bonds. The zero-order valence-corrected chi connectivity index (χ0v) is 24.3. The Hall–Kier alpha value is -4.45. The molecule has 11 heteroatoms. The fourth-order valence-electron chi connectivity index (χ4n) is 3.97. The molecule has 0 radical (unpaired) electrons. The highest BCUT2D eigenvalue weighted by Gasteiger charge is 2.49. The van der Waals surface area contributed by atoms with Gasteiger partial charge in [0.2, 0.25) is 6.29 Å². The number of alkyl halides is 2. The average molecular weight is 625 g/mol. The number of esters is 1. The fraction of sp³-hybridized carbons (Fsp3) is 0.0938. The van der Waals surface area contributed by atoms with Crippen LogP contribution in [-0.4, -0.2) is 35.6 Å². The molecular formula is C32H26F2O7S2. The lowest BCUT2D eigenvalue weighted by molar-refractivity contribution is -0.179. The third-order valence-electron chi connectivity index (χ3n) is 5.91. The van der Waals surface area contributed by atoms with Gasteiger partial charge < -0.3 is 19.1 Å². The van der Waals surface area contributed by atoms with Gasteiger partial charge in [0.15, 0.2) is 24.8 Å². The Balaban J connectivity index is 0.000000202. The van der Waals surface area contributed by atoms with Crippen LogP contribution < -0.4 is 4.74 Å². The normalized spacial score (nSPS) is 12.2. The van der Waals surface area contributed by atoms with Crippen LogP contribution in [0.25, 0.3) is 10.8 Å². The summed E-state index contributed by atoms with van der Waals surface area (Å²) in [5, 5.41) is 5.32. The number of benzene rings is 5. The van der Waals surface area contributed by atoms with E-state index in [1.165, 1.54) is 39.0 Å². The number of rotatable bonds is 8. The molecule has 222 valence electrons. The first-order valence-corrected chi connectivity index (χ1v) is 15.4. The van der Waals surface area contributed by atoms with Gasteiger partial charge in [0.1, 0.15) is 11.5 Å². The molecular weight excluding hydrogens is 598 g/mol. The molecule has 5 aromatic rings. The van der Waals surface area contributed by atoms with Gasteiger partial charge in [-0.1, -0.05) is 78.9 Å². The van der Waals surface area contributed by atoms with Gasteiger partial charge in [0.05, 0.1) is 10.9 Å². The molecule has 0 heterocycles. The minimum atomic E-state index is -6.21. The van der Waals surface area contributed by atoms with Gasteiger partial charge in [-0.25, -0.2) is 13.2 Å². The molecule has 0 fully saturated rings. The van der Waals surface area contributed by atoms with E-state index in [2.05, 4.69) is 95.7 Å². The summed E-state index contributed by atoms with van der Waals surface area (Å²) in [5.41, 5.74) is 0. The number of phenolic OH excluding ortho intramolecular Hbond substituents is 1. The molecule has 7 nitrogen and oxygen atoms in total. The van der Waals surface area contributed by atoms with Crippen molar-refractivity contribution in [2.75, 3.05) is 0 Å². The topological polar surface area (TPSA) is 113 Å². The Morgan fingerprint density at radius 1 is 0.744 bits per heavy atom. The van der Waals surface area contributed by atoms with Crippen molar-refractivity contribution in [3.8, 4) is 11.5 Å². The lowest BCUT2D eigenvalue weighted by Crippen LogP contribution is -2.41. The van der Waals surface area contributed by atoms with Gasteiger partial charge in [0.25, 0.3) is 0 Å². The van der Waals surface area contributed by atoms with Crippen molar-refractivity contribution < 1.29 is 41.1 Å². The van der Waals surface area contributed by atoms with E-state index in [0.29, 0.717) is 10.8 Å². The van der Waals surface area contributed by atoms with Crippen LogP contribution in [0.5, 0.6) is 11.5 Å². The molecule has 43 heavy (non-hydrogen) atoms. The molecule has 0 spiro atoms. The van der Waals surface area contributed by atoms with Crippen LogP contribution in [0.15, 0.2) is 142 Å². The summed E-state index contributed by atoms with van der Waals surface area (Å²) < 4.78 is 66.6. The second-order valence-corrected chi connectivity index (χ2v) is 12.4. The molecule has 0 saturated carbocycles. The standard InChI is InChI=1S/C18H15S.C14H12F2O7S/c1-4-10-16(11-5-1)19(17-12-6-2-7-13-17)18-14-8-3-9-15-18;1-8(23-13(18)14(15,16)24(19,20)21)22-12-7-3-4-9-10(12)5-2-6-11(9)17/h1-15H;2-8,17H,1H3,(H,19,20,21)/q+1;/p-1. The van der Waals surface area contributed by atoms with Crippen LogP contribution in [0.1, 0.15) is 6.92 Å². The van der Waals surface area contributed by atoms with E-state index in [1.807, 2.05) is 0 Å². The molecule has 0 aromatic heterocycles. The van der Waals surface area contributed by atoms with Crippen LogP contribution in [-0.2, 0) is 30.5 Å². The number of carbonyl (C=O) groups is 1. The molecule has 5 rings (SSSR count). The summed E-state index contributed by atoms with van der Waals surface area (Å²) in [5.74, 6) is -2.49. The van der Waals surface area contributed by atoms with Gasteiger partial charge >= 0.3 is 11.2 Å². The van der Waals surface area contributed by atoms with Crippen molar-refractivity contribution in [1.82, 2.24) is 0 Å². The summed E-state index contributed by atoms with van der Waals surface area (Å²) >= 11 is 0. The van der Waals surface area contributed by atoms with Crippen LogP contribution in [0.4, 0.5) is 8.78 Å². The highest BCUT2D eigenvalue weighted by molar-refractivity contribution is 7.97. The van der Waals surface area contributed by atoms with Gasteiger partial charge in [-0.3, -0.25) is 0 Å². The lowest BCUT2D eigenvalue weighted by atomic mass is 10.1. The summed E-state index contributed by atoms with van der Waals surface area (Å²) in [6.45, 7) is 1.06. The molecule has 1 atom stereocenters. The highest BCUT2D eigenvalue weighted by atomic mass is 32.2. The number of phenols is 1. The van der Waals surface area contributed by atoms with Crippen LogP contribution in [0.2, 0.25) is 0 Å². The smallest absolute Gasteiger partial charge is 0.429 e. The molecule has 5 aromatic carbocycles. The second kappa shape index (κ2) is 13.7. The van der Waals surface area contributed by atoms with E-state index in [1.54, 1.807) is 12.1 Å². The Morgan fingerprint density at radius 3 is 1.65 bits per heavy atom. The molecule has 0 saturated heterocycles. The quantitative estimate of drug-likeness (QED) is 0.0881. The number of carbonyl (C=O) groups excluding carboxylic acids is 1. The maximum Gasteiger partial charge on any atom is 0.429 e. The number of fused-ring (bicyclic) bond motifs is 1. The zero-order valence-electron chi connectivity index (χ0n) is 22.7. The van der Waals surface area contributed by atoms with E-state index in [4.69, 9.17) is 4.74 Å². The number of hydrogen-bond acceptors (Lipinski definition) is 7. The molecule has 1 N–H and O–H groups in total. The van der Waals surface area contributed by atoms with Gasteiger partial charge in [0, 0.05) is 17.7 Å². The number of ether oxygens (including phenoxy) is 2. The minimum absolute atomic E-state index is 0.0146. The van der Waals surface area contributed by atoms with Crippen LogP contribution in [0.3, 0.4) is 0 Å². The van der Waals surface area contributed by atoms with Crippen molar-refractivity contribution in [2.24, 2.45) is 0 Å².